The van der Waals surface area contributed by atoms with Gasteiger partial charge in [0.25, 0.3) is 0 Å². The summed E-state index contributed by atoms with van der Waals surface area (Å²) in [5.41, 5.74) is 1.29. The van der Waals surface area contributed by atoms with Gasteiger partial charge in [-0.05, 0) is 26.2 Å². The quantitative estimate of drug-likeness (QED) is 0.409. The summed E-state index contributed by atoms with van der Waals surface area (Å²) in [6, 6.07) is 0. The van der Waals surface area contributed by atoms with Crippen LogP contribution in [0.1, 0.15) is 32.6 Å². The van der Waals surface area contributed by atoms with Crippen molar-refractivity contribution >= 4 is 0 Å². The fraction of sp³-hybridized carbons (Fsp3) is 0.778. The van der Waals surface area contributed by atoms with E-state index in [4.69, 9.17) is 4.74 Å². The number of allylic oxidation sites excluding steroid dienone is 1. The van der Waals surface area contributed by atoms with Crippen LogP contribution in [0.3, 0.4) is 0 Å². The summed E-state index contributed by atoms with van der Waals surface area (Å²) in [5.74, 6) is 0. The first-order valence-corrected chi connectivity index (χ1v) is 3.90. The van der Waals surface area contributed by atoms with Crippen LogP contribution in [0.25, 0.3) is 0 Å². The maximum absolute atomic E-state index is 4.93. The molecule has 1 nitrogen and oxygen atoms in total. The van der Waals surface area contributed by atoms with Gasteiger partial charge in [0.15, 0.2) is 0 Å². The predicted molar refractivity (Wildman–Crippen MR) is 45.2 cm³/mol. The van der Waals surface area contributed by atoms with Crippen molar-refractivity contribution in [2.75, 3.05) is 13.7 Å². The van der Waals surface area contributed by atoms with Crippen molar-refractivity contribution < 1.29 is 4.74 Å². The van der Waals surface area contributed by atoms with Crippen LogP contribution in [0.15, 0.2) is 12.2 Å². The summed E-state index contributed by atoms with van der Waals surface area (Å²) in [6.45, 7) is 6.82. The van der Waals surface area contributed by atoms with Crippen LogP contribution >= 0.6 is 0 Å². The summed E-state index contributed by atoms with van der Waals surface area (Å²) < 4.78 is 4.93. The summed E-state index contributed by atoms with van der Waals surface area (Å²) >= 11 is 0. The second-order valence-electron chi connectivity index (χ2n) is 2.76. The Hall–Kier alpha value is -0.300. The standard InChI is InChI=1S/C9H18O/c1-9(2)7-5-4-6-8-10-3/h1,4-8H2,2-3H3. The highest BCUT2D eigenvalue weighted by Gasteiger charge is 1.88. The predicted octanol–water partition coefficient (Wildman–Crippen LogP) is 2.77. The van der Waals surface area contributed by atoms with Gasteiger partial charge >= 0.3 is 0 Å². The third-order valence-corrected chi connectivity index (χ3v) is 1.45. The molecule has 0 aromatic heterocycles. The van der Waals surface area contributed by atoms with Crippen molar-refractivity contribution in [1.82, 2.24) is 0 Å². The monoisotopic (exact) mass is 142 g/mol. The Morgan fingerprint density at radius 3 is 2.50 bits per heavy atom. The molecule has 0 saturated heterocycles. The molecular formula is C9H18O. The fourth-order valence-electron chi connectivity index (χ4n) is 0.850. The van der Waals surface area contributed by atoms with Crippen LogP contribution in [-0.4, -0.2) is 13.7 Å². The van der Waals surface area contributed by atoms with E-state index in [0.29, 0.717) is 0 Å². The molecule has 0 atom stereocenters. The van der Waals surface area contributed by atoms with Gasteiger partial charge in [-0.25, -0.2) is 0 Å². The van der Waals surface area contributed by atoms with Crippen molar-refractivity contribution in [3.63, 3.8) is 0 Å². The second-order valence-corrected chi connectivity index (χ2v) is 2.76. The van der Waals surface area contributed by atoms with Crippen molar-refractivity contribution in [3.8, 4) is 0 Å². The lowest BCUT2D eigenvalue weighted by atomic mass is 10.1. The van der Waals surface area contributed by atoms with Gasteiger partial charge in [0.05, 0.1) is 0 Å². The number of hydrogen-bond acceptors (Lipinski definition) is 1. The Kier molecular flexibility index (Phi) is 6.61. The van der Waals surface area contributed by atoms with Crippen LogP contribution in [0, 0.1) is 0 Å². The molecule has 0 aliphatic carbocycles. The fourth-order valence-corrected chi connectivity index (χ4v) is 0.850. The average Bonchev–Trinajstić information content (AvgIpc) is 1.87. The molecule has 10 heavy (non-hydrogen) atoms. The van der Waals surface area contributed by atoms with E-state index in [9.17, 15) is 0 Å². The first-order chi connectivity index (χ1) is 4.77. The van der Waals surface area contributed by atoms with Gasteiger partial charge in [-0.3, -0.25) is 0 Å². The highest BCUT2D eigenvalue weighted by molar-refractivity contribution is 4.86. The van der Waals surface area contributed by atoms with Crippen LogP contribution < -0.4 is 0 Å². The van der Waals surface area contributed by atoms with Gasteiger partial charge in [0, 0.05) is 13.7 Å². The Morgan fingerprint density at radius 2 is 2.00 bits per heavy atom. The Balaban J connectivity index is 2.84. The molecule has 1 heteroatoms. The molecule has 0 heterocycles. The van der Waals surface area contributed by atoms with Gasteiger partial charge in [0.2, 0.25) is 0 Å². The molecule has 0 radical (unpaired) electrons. The SMILES string of the molecule is C=C(C)CCCCCOC. The zero-order valence-corrected chi connectivity index (χ0v) is 7.15. The van der Waals surface area contributed by atoms with E-state index in [0.717, 1.165) is 6.61 Å². The van der Waals surface area contributed by atoms with E-state index >= 15 is 0 Å². The van der Waals surface area contributed by atoms with Gasteiger partial charge < -0.3 is 4.74 Å². The van der Waals surface area contributed by atoms with Crippen LogP contribution in [0.2, 0.25) is 0 Å². The summed E-state index contributed by atoms with van der Waals surface area (Å²) in [6.07, 6.45) is 4.88. The highest BCUT2D eigenvalue weighted by Crippen LogP contribution is 2.05. The lowest BCUT2D eigenvalue weighted by Gasteiger charge is -1.99. The molecule has 0 amide bonds. The summed E-state index contributed by atoms with van der Waals surface area (Å²) in [4.78, 5) is 0. The topological polar surface area (TPSA) is 9.23 Å². The van der Waals surface area contributed by atoms with Gasteiger partial charge in [-0.15, -0.1) is 6.58 Å². The van der Waals surface area contributed by atoms with E-state index in [1.54, 1.807) is 7.11 Å². The zero-order chi connectivity index (χ0) is 7.82. The molecule has 0 aromatic carbocycles. The van der Waals surface area contributed by atoms with E-state index in [1.807, 2.05) is 0 Å². The van der Waals surface area contributed by atoms with Crippen LogP contribution in [-0.2, 0) is 4.74 Å². The molecule has 0 rings (SSSR count). The minimum absolute atomic E-state index is 0.899. The summed E-state index contributed by atoms with van der Waals surface area (Å²) in [7, 11) is 1.75. The van der Waals surface area contributed by atoms with Crippen molar-refractivity contribution in [2.24, 2.45) is 0 Å². The normalized spacial score (nSPS) is 9.80. The minimum atomic E-state index is 0.899. The largest absolute Gasteiger partial charge is 0.385 e. The van der Waals surface area contributed by atoms with Crippen molar-refractivity contribution in [2.45, 2.75) is 32.6 Å². The van der Waals surface area contributed by atoms with Crippen molar-refractivity contribution in [1.29, 1.82) is 0 Å². The number of rotatable bonds is 6. The molecule has 0 aliphatic rings. The maximum atomic E-state index is 4.93. The average molecular weight is 142 g/mol. The number of hydrogen-bond donors (Lipinski definition) is 0. The highest BCUT2D eigenvalue weighted by atomic mass is 16.5. The Bertz CT molecular complexity index is 86.7. The van der Waals surface area contributed by atoms with E-state index in [2.05, 4.69) is 13.5 Å². The number of ether oxygens (including phenoxy) is 1. The molecule has 0 aliphatic heterocycles. The van der Waals surface area contributed by atoms with Crippen LogP contribution in [0.5, 0.6) is 0 Å². The molecule has 0 N–H and O–H groups in total. The minimum Gasteiger partial charge on any atom is -0.385 e. The van der Waals surface area contributed by atoms with E-state index in [-0.39, 0.29) is 0 Å². The summed E-state index contributed by atoms with van der Waals surface area (Å²) in [5, 5.41) is 0. The lowest BCUT2D eigenvalue weighted by molar-refractivity contribution is 0.192. The molecular weight excluding hydrogens is 124 g/mol. The molecule has 0 aromatic rings. The van der Waals surface area contributed by atoms with Gasteiger partial charge in [-0.2, -0.15) is 0 Å². The Labute approximate surface area is 64.1 Å². The number of unbranched alkanes of at least 4 members (excludes halogenated alkanes) is 2. The third-order valence-electron chi connectivity index (χ3n) is 1.45. The molecule has 60 valence electrons. The first-order valence-electron chi connectivity index (χ1n) is 3.90. The molecule has 0 fully saturated rings. The third kappa shape index (κ3) is 7.70. The van der Waals surface area contributed by atoms with Crippen LogP contribution in [0.4, 0.5) is 0 Å². The smallest absolute Gasteiger partial charge is 0.0462 e. The lowest BCUT2D eigenvalue weighted by Crippen LogP contribution is -1.87. The Morgan fingerprint density at radius 1 is 1.30 bits per heavy atom. The van der Waals surface area contributed by atoms with E-state index < -0.39 is 0 Å². The second kappa shape index (κ2) is 6.81. The molecule has 0 bridgehead atoms. The number of methoxy groups -OCH3 is 1. The molecule has 0 unspecified atom stereocenters. The van der Waals surface area contributed by atoms with Gasteiger partial charge in [0.1, 0.15) is 0 Å². The van der Waals surface area contributed by atoms with E-state index in [1.165, 1.54) is 31.3 Å². The molecule has 0 saturated carbocycles. The molecule has 0 spiro atoms. The zero-order valence-electron chi connectivity index (χ0n) is 7.15. The maximum Gasteiger partial charge on any atom is 0.0462 e. The first kappa shape index (κ1) is 9.70. The van der Waals surface area contributed by atoms with Gasteiger partial charge in [-0.1, -0.05) is 12.0 Å². The van der Waals surface area contributed by atoms with Crippen molar-refractivity contribution in [3.05, 3.63) is 12.2 Å².